The lowest BCUT2D eigenvalue weighted by atomic mass is 10.2. The van der Waals surface area contributed by atoms with E-state index in [9.17, 15) is 9.59 Å². The van der Waals surface area contributed by atoms with Crippen molar-refractivity contribution in [3.63, 3.8) is 0 Å². The zero-order valence-electron chi connectivity index (χ0n) is 11.7. The van der Waals surface area contributed by atoms with Gasteiger partial charge in [0.2, 0.25) is 0 Å². The number of ether oxygens (including phenoxy) is 2. The minimum absolute atomic E-state index is 0.250. The molecular weight excluding hydrogens is 274 g/mol. The standard InChI is InChI=1S/C14H17N3O4/c1-9(13(18)17-5-4-15-14(17)19)16-10-2-3-11-12(8-10)21-7-6-20-11/h2-3,8-9,16H,4-7H2,1H3,(H,15,19)/t9-/m1/s1. The lowest BCUT2D eigenvalue weighted by Gasteiger charge is -2.22. The van der Waals surface area contributed by atoms with Gasteiger partial charge < -0.3 is 20.1 Å². The highest BCUT2D eigenvalue weighted by Crippen LogP contribution is 2.32. The van der Waals surface area contributed by atoms with Crippen LogP contribution < -0.4 is 20.1 Å². The molecule has 2 N–H and O–H groups in total. The molecule has 1 aromatic rings. The number of imide groups is 1. The number of amides is 3. The van der Waals surface area contributed by atoms with Gasteiger partial charge in [-0.1, -0.05) is 0 Å². The number of hydrogen-bond donors (Lipinski definition) is 2. The van der Waals surface area contributed by atoms with Gasteiger partial charge >= 0.3 is 6.03 Å². The van der Waals surface area contributed by atoms with E-state index in [0.717, 1.165) is 5.69 Å². The predicted molar refractivity (Wildman–Crippen MR) is 75.6 cm³/mol. The highest BCUT2D eigenvalue weighted by Gasteiger charge is 2.29. The van der Waals surface area contributed by atoms with Crippen LogP contribution in [0.2, 0.25) is 0 Å². The van der Waals surface area contributed by atoms with Crippen LogP contribution in [0.5, 0.6) is 11.5 Å². The molecule has 0 aromatic heterocycles. The van der Waals surface area contributed by atoms with Gasteiger partial charge in [0, 0.05) is 24.8 Å². The molecule has 1 aromatic carbocycles. The molecule has 2 aliphatic rings. The van der Waals surface area contributed by atoms with Crippen molar-refractivity contribution in [2.75, 3.05) is 31.6 Å². The molecule has 2 heterocycles. The van der Waals surface area contributed by atoms with Gasteiger partial charge in [-0.25, -0.2) is 4.79 Å². The summed E-state index contributed by atoms with van der Waals surface area (Å²) < 4.78 is 10.9. The Morgan fingerprint density at radius 1 is 1.33 bits per heavy atom. The molecule has 21 heavy (non-hydrogen) atoms. The fourth-order valence-corrected chi connectivity index (χ4v) is 2.36. The molecule has 0 unspecified atom stereocenters. The van der Waals surface area contributed by atoms with Gasteiger partial charge in [-0.3, -0.25) is 9.69 Å². The quantitative estimate of drug-likeness (QED) is 0.861. The van der Waals surface area contributed by atoms with Crippen LogP contribution in [0.4, 0.5) is 10.5 Å². The molecule has 112 valence electrons. The summed E-state index contributed by atoms with van der Waals surface area (Å²) in [6, 6.07) is 4.58. The van der Waals surface area contributed by atoms with Crippen LogP contribution in [0.1, 0.15) is 6.92 Å². The van der Waals surface area contributed by atoms with Gasteiger partial charge in [0.25, 0.3) is 5.91 Å². The highest BCUT2D eigenvalue weighted by molar-refractivity contribution is 5.99. The average molecular weight is 291 g/mol. The summed E-state index contributed by atoms with van der Waals surface area (Å²) in [4.78, 5) is 24.9. The summed E-state index contributed by atoms with van der Waals surface area (Å²) in [5.74, 6) is 1.11. The largest absolute Gasteiger partial charge is 0.486 e. The van der Waals surface area contributed by atoms with E-state index in [0.29, 0.717) is 37.8 Å². The van der Waals surface area contributed by atoms with Gasteiger partial charge in [0.15, 0.2) is 11.5 Å². The van der Waals surface area contributed by atoms with Crippen molar-refractivity contribution in [1.29, 1.82) is 0 Å². The van der Waals surface area contributed by atoms with E-state index >= 15 is 0 Å². The minimum Gasteiger partial charge on any atom is -0.486 e. The molecule has 0 aliphatic carbocycles. The Morgan fingerprint density at radius 2 is 2.10 bits per heavy atom. The number of benzene rings is 1. The Morgan fingerprint density at radius 3 is 2.81 bits per heavy atom. The van der Waals surface area contributed by atoms with Crippen molar-refractivity contribution in [2.45, 2.75) is 13.0 Å². The first kappa shape index (κ1) is 13.5. The Balaban J connectivity index is 1.68. The van der Waals surface area contributed by atoms with E-state index in [1.165, 1.54) is 4.90 Å². The first-order chi connectivity index (χ1) is 10.1. The molecule has 7 nitrogen and oxygen atoms in total. The van der Waals surface area contributed by atoms with Gasteiger partial charge in [0.1, 0.15) is 19.3 Å². The maximum absolute atomic E-state index is 12.2. The fraction of sp³-hybridized carbons (Fsp3) is 0.429. The first-order valence-electron chi connectivity index (χ1n) is 6.90. The molecule has 1 fully saturated rings. The molecule has 3 rings (SSSR count). The number of urea groups is 1. The summed E-state index contributed by atoms with van der Waals surface area (Å²) in [5.41, 5.74) is 0.750. The number of anilines is 1. The molecule has 0 saturated carbocycles. The Bertz CT molecular complexity index is 575. The van der Waals surface area contributed by atoms with Crippen LogP contribution >= 0.6 is 0 Å². The smallest absolute Gasteiger partial charge is 0.324 e. The SMILES string of the molecule is C[C@@H](Nc1ccc2c(c1)OCCO2)C(=O)N1CCNC1=O. The fourth-order valence-electron chi connectivity index (χ4n) is 2.36. The van der Waals surface area contributed by atoms with E-state index in [4.69, 9.17) is 9.47 Å². The molecule has 3 amide bonds. The Labute approximate surface area is 122 Å². The molecule has 2 aliphatic heterocycles. The molecule has 1 atom stereocenters. The summed E-state index contributed by atoms with van der Waals surface area (Å²) in [5, 5.41) is 5.69. The number of hydrogen-bond acceptors (Lipinski definition) is 5. The van der Waals surface area contributed by atoms with Crippen LogP contribution in [-0.4, -0.2) is 49.2 Å². The van der Waals surface area contributed by atoms with Crippen LogP contribution in [0.3, 0.4) is 0 Å². The molecule has 1 saturated heterocycles. The number of nitrogens with zero attached hydrogens (tertiary/aromatic N) is 1. The monoisotopic (exact) mass is 291 g/mol. The third-order valence-electron chi connectivity index (χ3n) is 3.42. The van der Waals surface area contributed by atoms with Gasteiger partial charge in [-0.05, 0) is 19.1 Å². The second-order valence-corrected chi connectivity index (χ2v) is 4.95. The number of rotatable bonds is 3. The van der Waals surface area contributed by atoms with E-state index < -0.39 is 6.04 Å². The molecule has 0 spiro atoms. The second-order valence-electron chi connectivity index (χ2n) is 4.95. The van der Waals surface area contributed by atoms with E-state index in [1.54, 1.807) is 19.1 Å². The lowest BCUT2D eigenvalue weighted by Crippen LogP contribution is -2.43. The number of fused-ring (bicyclic) bond motifs is 1. The summed E-state index contributed by atoms with van der Waals surface area (Å²) >= 11 is 0. The molecule has 7 heteroatoms. The summed E-state index contributed by atoms with van der Waals surface area (Å²) in [7, 11) is 0. The molecule has 0 bridgehead atoms. The number of carbonyl (C=O) groups is 2. The zero-order chi connectivity index (χ0) is 14.8. The third-order valence-corrected chi connectivity index (χ3v) is 3.42. The first-order valence-corrected chi connectivity index (χ1v) is 6.90. The van der Waals surface area contributed by atoms with Crippen molar-refractivity contribution < 1.29 is 19.1 Å². The van der Waals surface area contributed by atoms with Crippen molar-refractivity contribution in [1.82, 2.24) is 10.2 Å². The van der Waals surface area contributed by atoms with Crippen molar-refractivity contribution in [3.8, 4) is 11.5 Å². The number of carbonyl (C=O) groups excluding carboxylic acids is 2. The van der Waals surface area contributed by atoms with Gasteiger partial charge in [-0.2, -0.15) is 0 Å². The number of nitrogens with one attached hydrogen (secondary N) is 2. The van der Waals surface area contributed by atoms with E-state index in [2.05, 4.69) is 10.6 Å². The van der Waals surface area contributed by atoms with Crippen LogP contribution in [0.25, 0.3) is 0 Å². The van der Waals surface area contributed by atoms with Gasteiger partial charge in [-0.15, -0.1) is 0 Å². The minimum atomic E-state index is -0.503. The van der Waals surface area contributed by atoms with Crippen LogP contribution in [0, 0.1) is 0 Å². The van der Waals surface area contributed by atoms with Crippen molar-refractivity contribution >= 4 is 17.6 Å². The van der Waals surface area contributed by atoms with Crippen molar-refractivity contribution in [3.05, 3.63) is 18.2 Å². The summed E-state index contributed by atoms with van der Waals surface area (Å²) in [6.45, 7) is 3.69. The Hall–Kier alpha value is -2.44. The third kappa shape index (κ3) is 2.72. The molecule has 0 radical (unpaired) electrons. The predicted octanol–water partition coefficient (Wildman–Crippen LogP) is 0.810. The van der Waals surface area contributed by atoms with E-state index in [-0.39, 0.29) is 11.9 Å². The normalized spacial score (nSPS) is 18.1. The van der Waals surface area contributed by atoms with Gasteiger partial charge in [0.05, 0.1) is 0 Å². The zero-order valence-corrected chi connectivity index (χ0v) is 11.7. The topological polar surface area (TPSA) is 79.9 Å². The van der Waals surface area contributed by atoms with Crippen LogP contribution in [0.15, 0.2) is 18.2 Å². The Kier molecular flexibility index (Phi) is 3.55. The second kappa shape index (κ2) is 5.51. The highest BCUT2D eigenvalue weighted by atomic mass is 16.6. The van der Waals surface area contributed by atoms with Crippen molar-refractivity contribution in [2.24, 2.45) is 0 Å². The average Bonchev–Trinajstić information content (AvgIpc) is 2.92. The summed E-state index contributed by atoms with van der Waals surface area (Å²) in [6.07, 6.45) is 0. The lowest BCUT2D eigenvalue weighted by molar-refractivity contribution is -0.128. The maximum atomic E-state index is 12.2. The van der Waals surface area contributed by atoms with E-state index in [1.807, 2.05) is 6.07 Å². The molecular formula is C14H17N3O4. The maximum Gasteiger partial charge on any atom is 0.324 e. The van der Waals surface area contributed by atoms with Crippen LogP contribution in [-0.2, 0) is 4.79 Å².